The van der Waals surface area contributed by atoms with Gasteiger partial charge in [-0.05, 0) is 25.5 Å². The standard InChI is InChI=1S/C10H13NO3/c1-6-4-8(13-7(6)2)9-5-11(3)10(12)14-9/h4,9H,5H2,1-3H3. The number of hydrogen-bond acceptors (Lipinski definition) is 3. The number of hydrogen-bond donors (Lipinski definition) is 0. The fourth-order valence-corrected chi connectivity index (χ4v) is 1.48. The Bertz CT molecular complexity index is 350. The largest absolute Gasteiger partial charge is 0.462 e. The fraction of sp³-hybridized carbons (Fsp3) is 0.500. The second kappa shape index (κ2) is 3.04. The molecule has 0 aliphatic carbocycles. The molecule has 1 aromatic rings. The van der Waals surface area contributed by atoms with Crippen molar-refractivity contribution < 1.29 is 13.9 Å². The molecule has 1 unspecified atom stereocenters. The molecule has 0 bridgehead atoms. The van der Waals surface area contributed by atoms with Gasteiger partial charge in [0.25, 0.3) is 0 Å². The summed E-state index contributed by atoms with van der Waals surface area (Å²) in [6, 6.07) is 1.92. The predicted molar refractivity (Wildman–Crippen MR) is 50.0 cm³/mol. The van der Waals surface area contributed by atoms with Gasteiger partial charge in [-0.25, -0.2) is 4.79 Å². The number of aryl methyl sites for hydroxylation is 2. The van der Waals surface area contributed by atoms with Crippen LogP contribution in [0.2, 0.25) is 0 Å². The lowest BCUT2D eigenvalue weighted by Gasteiger charge is -2.02. The molecular formula is C10H13NO3. The molecule has 14 heavy (non-hydrogen) atoms. The normalized spacial score (nSPS) is 21.5. The van der Waals surface area contributed by atoms with Crippen molar-refractivity contribution >= 4 is 6.09 Å². The van der Waals surface area contributed by atoms with Crippen LogP contribution in [-0.4, -0.2) is 24.6 Å². The molecule has 0 radical (unpaired) electrons. The van der Waals surface area contributed by atoms with E-state index >= 15 is 0 Å². The van der Waals surface area contributed by atoms with Gasteiger partial charge in [0.2, 0.25) is 0 Å². The smallest absolute Gasteiger partial charge is 0.410 e. The van der Waals surface area contributed by atoms with Crippen molar-refractivity contribution in [1.29, 1.82) is 0 Å². The minimum atomic E-state index is -0.290. The number of cyclic esters (lactones) is 1. The highest BCUT2D eigenvalue weighted by Crippen LogP contribution is 2.28. The van der Waals surface area contributed by atoms with E-state index < -0.39 is 0 Å². The average molecular weight is 195 g/mol. The zero-order valence-corrected chi connectivity index (χ0v) is 8.53. The van der Waals surface area contributed by atoms with Crippen molar-refractivity contribution in [3.8, 4) is 0 Å². The molecule has 1 fully saturated rings. The molecule has 0 saturated carbocycles. The van der Waals surface area contributed by atoms with Crippen molar-refractivity contribution in [2.24, 2.45) is 0 Å². The summed E-state index contributed by atoms with van der Waals surface area (Å²) in [5, 5.41) is 0. The number of carbonyl (C=O) groups excluding carboxylic acids is 1. The highest BCUT2D eigenvalue weighted by molar-refractivity contribution is 5.69. The molecule has 4 nitrogen and oxygen atoms in total. The van der Waals surface area contributed by atoms with Crippen LogP contribution >= 0.6 is 0 Å². The fourth-order valence-electron chi connectivity index (χ4n) is 1.48. The third-order valence-corrected chi connectivity index (χ3v) is 2.50. The minimum Gasteiger partial charge on any atom is -0.462 e. The van der Waals surface area contributed by atoms with E-state index in [1.165, 1.54) is 4.90 Å². The lowest BCUT2D eigenvalue weighted by Crippen LogP contribution is -2.17. The molecule has 1 aliphatic heterocycles. The zero-order valence-electron chi connectivity index (χ0n) is 8.53. The predicted octanol–water partition coefficient (Wildman–Crippen LogP) is 2.02. The Kier molecular flexibility index (Phi) is 1.98. The summed E-state index contributed by atoms with van der Waals surface area (Å²) in [7, 11) is 1.71. The van der Waals surface area contributed by atoms with Gasteiger partial charge >= 0.3 is 6.09 Å². The van der Waals surface area contributed by atoms with Crippen molar-refractivity contribution in [3.63, 3.8) is 0 Å². The molecule has 0 spiro atoms. The molecule has 76 valence electrons. The third-order valence-electron chi connectivity index (χ3n) is 2.50. The molecule has 1 aliphatic rings. The van der Waals surface area contributed by atoms with E-state index in [1.54, 1.807) is 7.05 Å². The molecule has 2 rings (SSSR count). The maximum absolute atomic E-state index is 11.1. The Morgan fingerprint density at radius 2 is 2.21 bits per heavy atom. The van der Waals surface area contributed by atoms with E-state index in [1.807, 2.05) is 19.9 Å². The SMILES string of the molecule is Cc1cc(C2CN(C)C(=O)O2)oc1C. The number of nitrogens with zero attached hydrogens (tertiary/aromatic N) is 1. The van der Waals surface area contributed by atoms with Gasteiger partial charge in [0.15, 0.2) is 6.10 Å². The number of ether oxygens (including phenoxy) is 1. The molecule has 1 atom stereocenters. The first-order chi connectivity index (χ1) is 6.58. The number of carbonyl (C=O) groups is 1. The quantitative estimate of drug-likeness (QED) is 0.688. The van der Waals surface area contributed by atoms with Gasteiger partial charge in [0.1, 0.15) is 11.5 Å². The first kappa shape index (κ1) is 9.12. The molecule has 1 aromatic heterocycles. The van der Waals surface area contributed by atoms with Gasteiger partial charge in [-0.3, -0.25) is 0 Å². The number of rotatable bonds is 1. The lowest BCUT2D eigenvalue weighted by atomic mass is 10.2. The average Bonchev–Trinajstić information content (AvgIpc) is 2.60. The maximum Gasteiger partial charge on any atom is 0.410 e. The van der Waals surface area contributed by atoms with Crippen LogP contribution in [0.15, 0.2) is 10.5 Å². The first-order valence-electron chi connectivity index (χ1n) is 4.56. The zero-order chi connectivity index (χ0) is 10.3. The Hall–Kier alpha value is -1.45. The molecule has 1 saturated heterocycles. The van der Waals surface area contributed by atoms with E-state index in [9.17, 15) is 4.79 Å². The highest BCUT2D eigenvalue weighted by atomic mass is 16.6. The Morgan fingerprint density at radius 3 is 2.64 bits per heavy atom. The van der Waals surface area contributed by atoms with E-state index in [2.05, 4.69) is 0 Å². The van der Waals surface area contributed by atoms with Gasteiger partial charge in [0, 0.05) is 7.05 Å². The molecular weight excluding hydrogens is 182 g/mol. The molecule has 1 amide bonds. The third kappa shape index (κ3) is 1.36. The van der Waals surface area contributed by atoms with Crippen LogP contribution in [0.4, 0.5) is 4.79 Å². The summed E-state index contributed by atoms with van der Waals surface area (Å²) in [4.78, 5) is 12.7. The van der Waals surface area contributed by atoms with Crippen LogP contribution in [0.3, 0.4) is 0 Å². The summed E-state index contributed by atoms with van der Waals surface area (Å²) in [6.07, 6.45) is -0.540. The van der Waals surface area contributed by atoms with Gasteiger partial charge in [-0.1, -0.05) is 0 Å². The van der Waals surface area contributed by atoms with Gasteiger partial charge in [-0.2, -0.15) is 0 Å². The number of likely N-dealkylation sites (N-methyl/N-ethyl adjacent to an activating group) is 1. The Morgan fingerprint density at radius 1 is 1.50 bits per heavy atom. The summed E-state index contributed by atoms with van der Waals surface area (Å²) >= 11 is 0. The molecule has 0 aromatic carbocycles. The van der Waals surface area contributed by atoms with Gasteiger partial charge in [0.05, 0.1) is 6.54 Å². The second-order valence-corrected chi connectivity index (χ2v) is 3.64. The number of furan rings is 1. The molecule has 2 heterocycles. The van der Waals surface area contributed by atoms with E-state index in [0.717, 1.165) is 17.1 Å². The second-order valence-electron chi connectivity index (χ2n) is 3.64. The Balaban J connectivity index is 2.21. The highest BCUT2D eigenvalue weighted by Gasteiger charge is 2.31. The van der Waals surface area contributed by atoms with Crippen LogP contribution in [0.1, 0.15) is 23.2 Å². The molecule has 4 heteroatoms. The van der Waals surface area contributed by atoms with Crippen LogP contribution in [0.5, 0.6) is 0 Å². The van der Waals surface area contributed by atoms with Gasteiger partial charge in [-0.15, -0.1) is 0 Å². The van der Waals surface area contributed by atoms with E-state index in [4.69, 9.17) is 9.15 Å². The summed E-state index contributed by atoms with van der Waals surface area (Å²) in [5.41, 5.74) is 1.09. The van der Waals surface area contributed by atoms with Crippen LogP contribution < -0.4 is 0 Å². The number of amides is 1. The van der Waals surface area contributed by atoms with Crippen LogP contribution in [0.25, 0.3) is 0 Å². The van der Waals surface area contributed by atoms with Crippen molar-refractivity contribution in [1.82, 2.24) is 4.90 Å². The Labute approximate surface area is 82.4 Å². The van der Waals surface area contributed by atoms with Gasteiger partial charge < -0.3 is 14.1 Å². The summed E-state index contributed by atoms with van der Waals surface area (Å²) in [5.74, 6) is 1.61. The topological polar surface area (TPSA) is 42.7 Å². The minimum absolute atomic E-state index is 0.250. The van der Waals surface area contributed by atoms with Crippen molar-refractivity contribution in [2.45, 2.75) is 20.0 Å². The summed E-state index contributed by atoms with van der Waals surface area (Å²) in [6.45, 7) is 4.44. The van der Waals surface area contributed by atoms with Crippen LogP contribution in [0, 0.1) is 13.8 Å². The lowest BCUT2D eigenvalue weighted by molar-refractivity contribution is 0.124. The van der Waals surface area contributed by atoms with Crippen molar-refractivity contribution in [3.05, 3.63) is 23.2 Å². The molecule has 0 N–H and O–H groups in total. The monoisotopic (exact) mass is 195 g/mol. The van der Waals surface area contributed by atoms with Crippen molar-refractivity contribution in [2.75, 3.05) is 13.6 Å². The first-order valence-corrected chi connectivity index (χ1v) is 4.56. The maximum atomic E-state index is 11.1. The van der Waals surface area contributed by atoms with Crippen LogP contribution in [-0.2, 0) is 4.74 Å². The van der Waals surface area contributed by atoms with E-state index in [0.29, 0.717) is 6.54 Å². The summed E-state index contributed by atoms with van der Waals surface area (Å²) < 4.78 is 10.6. The van der Waals surface area contributed by atoms with E-state index in [-0.39, 0.29) is 12.2 Å².